The SMILES string of the molecule is Cc1cc(COC(=O)c2cc(OCCCCOc3cc(C(C)(C)C)cc(C(C)(C)C)c3)cc(-c3ccccc3)c2)ccc1-c1cn([C@@H](Cc2ccccc2)C(=O)OC(C)C)nn1. The number of hydrogen-bond acceptors (Lipinski definition) is 8. The van der Waals surface area contributed by atoms with Gasteiger partial charge in [-0.05, 0) is 114 Å². The standard InChI is InChI=1S/C53H61N3O6/c1-36(2)62-51(58)49(27-38-18-12-10-13-19-38)56-34-48(54-55-56)47-23-22-39(26-37(47)3)35-61-50(57)42-28-41(40-20-14-11-15-21-40)29-45(30-42)59-24-16-17-25-60-46-32-43(52(4,5)6)31-44(33-46)53(7,8)9/h10-15,18-23,26,28-34,36,49H,16-17,24-25,27,35H2,1-9H3/t49-/m0/s1. The first-order valence-electron chi connectivity index (χ1n) is 21.6. The number of aryl methyl sites for hydroxylation is 1. The first kappa shape index (κ1) is 45.3. The van der Waals surface area contributed by atoms with Gasteiger partial charge in [-0.1, -0.05) is 132 Å². The second-order valence-electron chi connectivity index (χ2n) is 18.3. The van der Waals surface area contributed by atoms with Crippen molar-refractivity contribution in [2.24, 2.45) is 0 Å². The molecular formula is C53H61N3O6. The minimum Gasteiger partial charge on any atom is -0.494 e. The number of carbonyl (C=O) groups is 2. The molecule has 0 bridgehead atoms. The van der Waals surface area contributed by atoms with E-state index < -0.39 is 12.0 Å². The predicted octanol–water partition coefficient (Wildman–Crippen LogP) is 11.8. The highest BCUT2D eigenvalue weighted by atomic mass is 16.5. The van der Waals surface area contributed by atoms with Gasteiger partial charge in [0.1, 0.15) is 23.8 Å². The van der Waals surface area contributed by atoms with Gasteiger partial charge in [-0.25, -0.2) is 14.3 Å². The number of carbonyl (C=O) groups excluding carboxylic acids is 2. The zero-order valence-electron chi connectivity index (χ0n) is 37.7. The molecule has 0 saturated carbocycles. The predicted molar refractivity (Wildman–Crippen MR) is 246 cm³/mol. The molecule has 0 N–H and O–H groups in total. The van der Waals surface area contributed by atoms with Crippen LogP contribution >= 0.6 is 0 Å². The van der Waals surface area contributed by atoms with Crippen LogP contribution in [0.2, 0.25) is 0 Å². The van der Waals surface area contributed by atoms with E-state index in [-0.39, 0.29) is 29.5 Å². The van der Waals surface area contributed by atoms with E-state index in [0.717, 1.165) is 52.0 Å². The van der Waals surface area contributed by atoms with E-state index in [9.17, 15) is 9.59 Å². The summed E-state index contributed by atoms with van der Waals surface area (Å²) in [6, 6.07) is 37.0. The van der Waals surface area contributed by atoms with Gasteiger partial charge < -0.3 is 18.9 Å². The van der Waals surface area contributed by atoms with Crippen LogP contribution in [0.5, 0.6) is 11.5 Å². The van der Waals surface area contributed by atoms with Crippen molar-refractivity contribution in [3.8, 4) is 33.9 Å². The van der Waals surface area contributed by atoms with Crippen molar-refractivity contribution < 1.29 is 28.5 Å². The van der Waals surface area contributed by atoms with E-state index in [1.165, 1.54) is 11.1 Å². The van der Waals surface area contributed by atoms with Gasteiger partial charge in [0, 0.05) is 12.0 Å². The Balaban J connectivity index is 1.08. The van der Waals surface area contributed by atoms with Gasteiger partial charge in [0.2, 0.25) is 0 Å². The Morgan fingerprint density at radius 3 is 1.89 bits per heavy atom. The highest BCUT2D eigenvalue weighted by molar-refractivity contribution is 5.92. The normalized spacial score (nSPS) is 12.2. The lowest BCUT2D eigenvalue weighted by Gasteiger charge is -2.26. The fraction of sp³-hybridized carbons (Fsp3) is 0.358. The molecule has 0 amide bonds. The summed E-state index contributed by atoms with van der Waals surface area (Å²) in [7, 11) is 0. The Labute approximate surface area is 367 Å². The third kappa shape index (κ3) is 12.4. The van der Waals surface area contributed by atoms with E-state index in [0.29, 0.717) is 36.6 Å². The van der Waals surface area contributed by atoms with Crippen LogP contribution < -0.4 is 9.47 Å². The fourth-order valence-electron chi connectivity index (χ4n) is 7.05. The molecule has 1 heterocycles. The lowest BCUT2D eigenvalue weighted by Crippen LogP contribution is -2.26. The molecule has 0 aliphatic heterocycles. The van der Waals surface area contributed by atoms with Crippen LogP contribution in [-0.4, -0.2) is 46.3 Å². The minimum atomic E-state index is -0.671. The van der Waals surface area contributed by atoms with Gasteiger partial charge >= 0.3 is 11.9 Å². The highest BCUT2D eigenvalue weighted by Gasteiger charge is 2.26. The van der Waals surface area contributed by atoms with Gasteiger partial charge in [-0.3, -0.25) is 0 Å². The largest absolute Gasteiger partial charge is 0.494 e. The zero-order chi connectivity index (χ0) is 44.4. The van der Waals surface area contributed by atoms with Crippen molar-refractivity contribution in [1.82, 2.24) is 15.0 Å². The average molecular weight is 836 g/mol. The van der Waals surface area contributed by atoms with Gasteiger partial charge in [-0.2, -0.15) is 0 Å². The van der Waals surface area contributed by atoms with Crippen LogP contribution in [0.4, 0.5) is 0 Å². The quantitative estimate of drug-likeness (QED) is 0.0661. The summed E-state index contributed by atoms with van der Waals surface area (Å²) in [5.41, 5.74) is 9.03. The van der Waals surface area contributed by atoms with Crippen LogP contribution in [0.3, 0.4) is 0 Å². The molecule has 1 atom stereocenters. The van der Waals surface area contributed by atoms with Crippen LogP contribution in [-0.2, 0) is 38.1 Å². The molecular weight excluding hydrogens is 775 g/mol. The van der Waals surface area contributed by atoms with Crippen molar-refractivity contribution in [3.05, 3.63) is 155 Å². The molecule has 0 unspecified atom stereocenters. The number of unbranched alkanes of at least 4 members (excludes halogenated alkanes) is 1. The number of ether oxygens (including phenoxy) is 4. The topological polar surface area (TPSA) is 102 Å². The fourth-order valence-corrected chi connectivity index (χ4v) is 7.05. The Kier molecular flexibility index (Phi) is 14.7. The molecule has 6 aromatic rings. The number of hydrogen-bond donors (Lipinski definition) is 0. The molecule has 6 rings (SSSR count). The third-order valence-corrected chi connectivity index (χ3v) is 10.6. The number of rotatable bonds is 17. The molecule has 5 aromatic carbocycles. The van der Waals surface area contributed by atoms with Crippen molar-refractivity contribution in [3.63, 3.8) is 0 Å². The lowest BCUT2D eigenvalue weighted by molar-refractivity contribution is -0.151. The summed E-state index contributed by atoms with van der Waals surface area (Å²) >= 11 is 0. The summed E-state index contributed by atoms with van der Waals surface area (Å²) < 4.78 is 25.6. The molecule has 0 saturated heterocycles. The van der Waals surface area contributed by atoms with Crippen LogP contribution in [0.25, 0.3) is 22.4 Å². The molecule has 62 heavy (non-hydrogen) atoms. The van der Waals surface area contributed by atoms with Crippen LogP contribution in [0, 0.1) is 6.92 Å². The molecule has 0 aliphatic carbocycles. The molecule has 1 aromatic heterocycles. The van der Waals surface area contributed by atoms with Gasteiger partial charge in [0.15, 0.2) is 6.04 Å². The maximum Gasteiger partial charge on any atom is 0.338 e. The number of nitrogens with zero attached hydrogens (tertiary/aromatic N) is 3. The monoisotopic (exact) mass is 835 g/mol. The van der Waals surface area contributed by atoms with Crippen molar-refractivity contribution in [1.29, 1.82) is 0 Å². The van der Waals surface area contributed by atoms with Crippen molar-refractivity contribution >= 4 is 11.9 Å². The van der Waals surface area contributed by atoms with Gasteiger partial charge in [0.05, 0.1) is 31.1 Å². The Morgan fingerprint density at radius 2 is 1.29 bits per heavy atom. The first-order chi connectivity index (χ1) is 29.5. The van der Waals surface area contributed by atoms with E-state index >= 15 is 0 Å². The maximum atomic E-state index is 13.6. The second-order valence-corrected chi connectivity index (χ2v) is 18.3. The summed E-state index contributed by atoms with van der Waals surface area (Å²) in [4.78, 5) is 26.8. The zero-order valence-corrected chi connectivity index (χ0v) is 37.7. The number of esters is 2. The Hall–Kier alpha value is -6.22. The smallest absolute Gasteiger partial charge is 0.338 e. The third-order valence-electron chi connectivity index (χ3n) is 10.6. The number of benzene rings is 5. The summed E-state index contributed by atoms with van der Waals surface area (Å²) in [6.07, 6.45) is 3.53. The lowest BCUT2D eigenvalue weighted by atomic mass is 9.80. The summed E-state index contributed by atoms with van der Waals surface area (Å²) in [5, 5.41) is 8.78. The van der Waals surface area contributed by atoms with E-state index in [4.69, 9.17) is 18.9 Å². The van der Waals surface area contributed by atoms with E-state index in [2.05, 4.69) is 70.1 Å². The minimum absolute atomic E-state index is 0.0184. The van der Waals surface area contributed by atoms with Gasteiger partial charge in [-0.15, -0.1) is 5.10 Å². The number of aromatic nitrogens is 3. The average Bonchev–Trinajstić information content (AvgIpc) is 3.72. The molecule has 9 nitrogen and oxygen atoms in total. The molecule has 324 valence electrons. The van der Waals surface area contributed by atoms with E-state index in [1.54, 1.807) is 16.9 Å². The van der Waals surface area contributed by atoms with E-state index in [1.807, 2.05) is 112 Å². The molecule has 0 fully saturated rings. The van der Waals surface area contributed by atoms with Crippen molar-refractivity contribution in [2.75, 3.05) is 13.2 Å². The van der Waals surface area contributed by atoms with Crippen LogP contribution in [0.1, 0.15) is 112 Å². The highest BCUT2D eigenvalue weighted by Crippen LogP contribution is 2.33. The Morgan fingerprint density at radius 1 is 0.677 bits per heavy atom. The molecule has 9 heteroatoms. The van der Waals surface area contributed by atoms with Crippen molar-refractivity contribution in [2.45, 2.75) is 111 Å². The molecule has 0 aliphatic rings. The maximum absolute atomic E-state index is 13.6. The summed E-state index contributed by atoms with van der Waals surface area (Å²) in [6.45, 7) is 20.1. The first-order valence-corrected chi connectivity index (χ1v) is 21.6. The molecule has 0 spiro atoms. The van der Waals surface area contributed by atoms with Crippen LogP contribution in [0.15, 0.2) is 121 Å². The Bertz CT molecular complexity index is 2390. The molecule has 0 radical (unpaired) electrons. The van der Waals surface area contributed by atoms with Gasteiger partial charge in [0.25, 0.3) is 0 Å². The second kappa shape index (κ2) is 20.1. The summed E-state index contributed by atoms with van der Waals surface area (Å²) in [5.74, 6) is 0.683.